The molecule has 1 aliphatic heterocycles. The molecule has 1 amide bonds. The van der Waals surface area contributed by atoms with Gasteiger partial charge in [-0.3, -0.25) is 9.78 Å². The lowest BCUT2D eigenvalue weighted by Gasteiger charge is -2.31. The predicted octanol–water partition coefficient (Wildman–Crippen LogP) is 2.07. The average Bonchev–Trinajstić information content (AvgIpc) is 3.07. The van der Waals surface area contributed by atoms with Gasteiger partial charge in [0.25, 0.3) is 0 Å². The minimum atomic E-state index is 0.109. The zero-order valence-electron chi connectivity index (χ0n) is 11.7. The molecule has 1 N–H and O–H groups in total. The van der Waals surface area contributed by atoms with E-state index in [0.717, 1.165) is 31.7 Å². The highest BCUT2D eigenvalue weighted by Crippen LogP contribution is 2.21. The number of piperidine rings is 1. The van der Waals surface area contributed by atoms with Gasteiger partial charge in [0.05, 0.1) is 12.7 Å². The Hall–Kier alpha value is -1.95. The number of aromatic nitrogens is 2. The fraction of sp³-hybridized carbons (Fsp3) is 0.400. The first kappa shape index (κ1) is 14.0. The molecule has 0 saturated carbocycles. The summed E-state index contributed by atoms with van der Waals surface area (Å²) in [5, 5.41) is 5.06. The molecule has 0 atom stereocenters. The van der Waals surface area contributed by atoms with E-state index in [0.29, 0.717) is 6.54 Å². The normalized spacial score (nSPS) is 15.9. The second-order valence-electron chi connectivity index (χ2n) is 5.12. The molecule has 21 heavy (non-hydrogen) atoms. The highest BCUT2D eigenvalue weighted by atomic mass is 32.1. The van der Waals surface area contributed by atoms with Crippen molar-refractivity contribution in [3.05, 3.63) is 41.0 Å². The number of hydrogen-bond donors (Lipinski definition) is 1. The van der Waals surface area contributed by atoms with E-state index in [9.17, 15) is 4.79 Å². The minimum absolute atomic E-state index is 0.109. The zero-order chi connectivity index (χ0) is 14.5. The van der Waals surface area contributed by atoms with Crippen molar-refractivity contribution in [1.29, 1.82) is 0 Å². The van der Waals surface area contributed by atoms with Crippen LogP contribution in [0.15, 0.2) is 36.1 Å². The van der Waals surface area contributed by atoms with Gasteiger partial charge < -0.3 is 10.2 Å². The first-order valence-electron chi connectivity index (χ1n) is 7.14. The van der Waals surface area contributed by atoms with E-state index >= 15 is 0 Å². The third-order valence-electron chi connectivity index (χ3n) is 3.76. The van der Waals surface area contributed by atoms with Crippen molar-refractivity contribution in [3.8, 4) is 0 Å². The van der Waals surface area contributed by atoms with E-state index in [2.05, 4.69) is 20.2 Å². The molecular weight excluding hydrogens is 284 g/mol. The molecule has 3 heterocycles. The second-order valence-corrected chi connectivity index (χ2v) is 6.15. The van der Waals surface area contributed by atoms with Crippen LogP contribution in [0, 0.1) is 5.92 Å². The quantitative estimate of drug-likeness (QED) is 0.939. The van der Waals surface area contributed by atoms with Crippen LogP contribution >= 0.6 is 11.3 Å². The summed E-state index contributed by atoms with van der Waals surface area (Å²) in [6.07, 6.45) is 6.89. The van der Waals surface area contributed by atoms with E-state index in [4.69, 9.17) is 0 Å². The highest BCUT2D eigenvalue weighted by Gasteiger charge is 2.25. The third-order valence-corrected chi connectivity index (χ3v) is 4.63. The van der Waals surface area contributed by atoms with Gasteiger partial charge in [-0.05, 0) is 24.3 Å². The Morgan fingerprint density at radius 1 is 1.38 bits per heavy atom. The number of carbonyl (C=O) groups excluding carboxylic acids is 1. The zero-order valence-corrected chi connectivity index (χ0v) is 12.6. The van der Waals surface area contributed by atoms with Crippen LogP contribution < -0.4 is 10.2 Å². The molecule has 0 aliphatic carbocycles. The van der Waals surface area contributed by atoms with Crippen LogP contribution in [-0.2, 0) is 11.3 Å². The SMILES string of the molecule is O=C(NCc1cccs1)C1CCN(c2cnccn2)CC1. The Morgan fingerprint density at radius 3 is 2.90 bits per heavy atom. The van der Waals surface area contributed by atoms with E-state index in [1.165, 1.54) is 4.88 Å². The summed E-state index contributed by atoms with van der Waals surface area (Å²) in [6, 6.07) is 4.05. The van der Waals surface area contributed by atoms with Gasteiger partial charge in [0, 0.05) is 36.3 Å². The Labute approximate surface area is 128 Å². The molecule has 0 spiro atoms. The molecule has 0 unspecified atom stereocenters. The fourth-order valence-electron chi connectivity index (χ4n) is 2.56. The lowest BCUT2D eigenvalue weighted by atomic mass is 9.96. The van der Waals surface area contributed by atoms with Crippen molar-refractivity contribution in [1.82, 2.24) is 15.3 Å². The van der Waals surface area contributed by atoms with E-state index < -0.39 is 0 Å². The smallest absolute Gasteiger partial charge is 0.223 e. The van der Waals surface area contributed by atoms with Crippen LogP contribution in [0.3, 0.4) is 0 Å². The lowest BCUT2D eigenvalue weighted by molar-refractivity contribution is -0.125. The molecule has 0 radical (unpaired) electrons. The van der Waals surface area contributed by atoms with Gasteiger partial charge in [-0.25, -0.2) is 4.98 Å². The molecule has 110 valence electrons. The molecule has 1 saturated heterocycles. The maximum Gasteiger partial charge on any atom is 0.223 e. The van der Waals surface area contributed by atoms with Gasteiger partial charge in [0.15, 0.2) is 0 Å². The Kier molecular flexibility index (Phi) is 4.45. The first-order chi connectivity index (χ1) is 10.3. The summed E-state index contributed by atoms with van der Waals surface area (Å²) in [5.41, 5.74) is 0. The average molecular weight is 302 g/mol. The molecule has 5 nitrogen and oxygen atoms in total. The summed E-state index contributed by atoms with van der Waals surface area (Å²) >= 11 is 1.67. The van der Waals surface area contributed by atoms with Gasteiger partial charge >= 0.3 is 0 Å². The van der Waals surface area contributed by atoms with Crippen molar-refractivity contribution in [3.63, 3.8) is 0 Å². The molecular formula is C15H18N4OS. The van der Waals surface area contributed by atoms with Crippen molar-refractivity contribution < 1.29 is 4.79 Å². The molecule has 0 bridgehead atoms. The maximum absolute atomic E-state index is 12.2. The monoisotopic (exact) mass is 302 g/mol. The molecule has 2 aromatic rings. The number of carbonyl (C=O) groups is 1. The van der Waals surface area contributed by atoms with Gasteiger partial charge in [-0.15, -0.1) is 11.3 Å². The van der Waals surface area contributed by atoms with E-state index in [1.807, 2.05) is 17.5 Å². The molecule has 6 heteroatoms. The van der Waals surface area contributed by atoms with Gasteiger partial charge in [0.2, 0.25) is 5.91 Å². The largest absolute Gasteiger partial charge is 0.355 e. The summed E-state index contributed by atoms with van der Waals surface area (Å²) in [7, 11) is 0. The van der Waals surface area contributed by atoms with Crippen LogP contribution in [0.5, 0.6) is 0 Å². The van der Waals surface area contributed by atoms with E-state index in [-0.39, 0.29) is 11.8 Å². The number of thiophene rings is 1. The van der Waals surface area contributed by atoms with Crippen LogP contribution in [0.2, 0.25) is 0 Å². The number of amides is 1. The van der Waals surface area contributed by atoms with Crippen molar-refractivity contribution in [2.45, 2.75) is 19.4 Å². The number of nitrogens with one attached hydrogen (secondary N) is 1. The number of anilines is 1. The second kappa shape index (κ2) is 6.67. The number of hydrogen-bond acceptors (Lipinski definition) is 5. The summed E-state index contributed by atoms with van der Waals surface area (Å²) in [5.74, 6) is 1.18. The molecule has 1 fully saturated rings. The first-order valence-corrected chi connectivity index (χ1v) is 8.02. The summed E-state index contributed by atoms with van der Waals surface area (Å²) < 4.78 is 0. The molecule has 0 aromatic carbocycles. The van der Waals surface area contributed by atoms with Crippen molar-refractivity contribution in [2.24, 2.45) is 5.92 Å². The Balaban J connectivity index is 1.48. The van der Waals surface area contributed by atoms with Crippen molar-refractivity contribution >= 4 is 23.1 Å². The lowest BCUT2D eigenvalue weighted by Crippen LogP contribution is -2.40. The number of rotatable bonds is 4. The Morgan fingerprint density at radius 2 is 2.24 bits per heavy atom. The highest BCUT2D eigenvalue weighted by molar-refractivity contribution is 7.09. The maximum atomic E-state index is 12.2. The number of nitrogens with zero attached hydrogens (tertiary/aromatic N) is 3. The Bertz CT molecular complexity index is 565. The molecule has 3 rings (SSSR count). The van der Waals surface area contributed by atoms with Crippen LogP contribution in [-0.4, -0.2) is 29.0 Å². The van der Waals surface area contributed by atoms with Gasteiger partial charge in [-0.1, -0.05) is 6.07 Å². The van der Waals surface area contributed by atoms with Crippen LogP contribution in [0.1, 0.15) is 17.7 Å². The fourth-order valence-corrected chi connectivity index (χ4v) is 3.20. The van der Waals surface area contributed by atoms with Crippen LogP contribution in [0.25, 0.3) is 0 Å². The summed E-state index contributed by atoms with van der Waals surface area (Å²) in [6.45, 7) is 2.35. The third kappa shape index (κ3) is 3.58. The topological polar surface area (TPSA) is 58.1 Å². The van der Waals surface area contributed by atoms with E-state index in [1.54, 1.807) is 29.9 Å². The van der Waals surface area contributed by atoms with Gasteiger partial charge in [-0.2, -0.15) is 0 Å². The standard InChI is InChI=1S/C15H18N4OS/c20-15(18-10-13-2-1-9-21-13)12-3-7-19(8-4-12)14-11-16-5-6-17-14/h1-2,5-6,9,11-12H,3-4,7-8,10H2,(H,18,20). The minimum Gasteiger partial charge on any atom is -0.355 e. The predicted molar refractivity (Wildman–Crippen MR) is 83.1 cm³/mol. The molecule has 1 aliphatic rings. The molecule has 2 aromatic heterocycles. The van der Waals surface area contributed by atoms with Crippen LogP contribution in [0.4, 0.5) is 5.82 Å². The van der Waals surface area contributed by atoms with Gasteiger partial charge in [0.1, 0.15) is 5.82 Å². The van der Waals surface area contributed by atoms with Crippen molar-refractivity contribution in [2.75, 3.05) is 18.0 Å². The summed E-state index contributed by atoms with van der Waals surface area (Å²) in [4.78, 5) is 24.0.